The first-order valence-corrected chi connectivity index (χ1v) is 9.14. The van der Waals surface area contributed by atoms with Gasteiger partial charge in [-0.15, -0.1) is 0 Å². The number of carbonyl (C=O) groups is 3. The minimum atomic E-state index is -0.435. The monoisotopic (exact) mass is 381 g/mol. The summed E-state index contributed by atoms with van der Waals surface area (Å²) < 4.78 is 5.03. The second-order valence-electron chi connectivity index (χ2n) is 6.56. The van der Waals surface area contributed by atoms with Gasteiger partial charge in [0.05, 0.1) is 7.11 Å². The number of carbonyl (C=O) groups excluding carboxylic acids is 3. The van der Waals surface area contributed by atoms with Crippen LogP contribution in [0.25, 0.3) is 0 Å². The number of nitrogens with zero attached hydrogens (tertiary/aromatic N) is 1. The third-order valence-electron chi connectivity index (χ3n) is 4.72. The quantitative estimate of drug-likeness (QED) is 0.774. The molecule has 0 fully saturated rings. The fourth-order valence-corrected chi connectivity index (χ4v) is 3.09. The zero-order chi connectivity index (χ0) is 19.9. The molecule has 1 aliphatic rings. The first-order valence-electron chi connectivity index (χ1n) is 9.14. The van der Waals surface area contributed by atoms with Gasteiger partial charge in [-0.05, 0) is 41.8 Å². The fourth-order valence-electron chi connectivity index (χ4n) is 3.09. The molecule has 28 heavy (non-hydrogen) atoms. The molecule has 2 N–H and O–H groups in total. The van der Waals surface area contributed by atoms with Crippen LogP contribution in [0, 0.1) is 0 Å². The molecule has 2 aromatic rings. The summed E-state index contributed by atoms with van der Waals surface area (Å²) in [6, 6.07) is 14.6. The number of methoxy groups -OCH3 is 1. The van der Waals surface area contributed by atoms with E-state index < -0.39 is 11.8 Å². The maximum Gasteiger partial charge on any atom is 0.269 e. The molecule has 7 nitrogen and oxygen atoms in total. The van der Waals surface area contributed by atoms with Gasteiger partial charge in [-0.2, -0.15) is 0 Å². The molecule has 0 bridgehead atoms. The number of rotatable bonds is 5. The number of nitrogens with one attached hydrogen (secondary N) is 2. The van der Waals surface area contributed by atoms with Crippen LogP contribution >= 0.6 is 0 Å². The van der Waals surface area contributed by atoms with E-state index in [-0.39, 0.29) is 18.7 Å². The molecular formula is C21H23N3O4. The molecule has 0 spiro atoms. The van der Waals surface area contributed by atoms with Crippen LogP contribution in [0.15, 0.2) is 48.5 Å². The highest BCUT2D eigenvalue weighted by Crippen LogP contribution is 2.19. The molecule has 3 rings (SSSR count). The van der Waals surface area contributed by atoms with Crippen LogP contribution in [0.5, 0.6) is 5.75 Å². The van der Waals surface area contributed by atoms with Crippen LogP contribution in [-0.2, 0) is 22.6 Å². The van der Waals surface area contributed by atoms with Crippen LogP contribution in [0.2, 0.25) is 0 Å². The lowest BCUT2D eigenvalue weighted by molar-refractivity contribution is -0.134. The lowest BCUT2D eigenvalue weighted by Crippen LogP contribution is -2.42. The Hall–Kier alpha value is -3.35. The molecular weight excluding hydrogens is 358 g/mol. The molecule has 0 saturated heterocycles. The summed E-state index contributed by atoms with van der Waals surface area (Å²) in [5, 5.41) is 0. The predicted molar refractivity (Wildman–Crippen MR) is 103 cm³/mol. The Morgan fingerprint density at radius 3 is 2.39 bits per heavy atom. The van der Waals surface area contributed by atoms with E-state index in [1.165, 1.54) is 5.56 Å². The van der Waals surface area contributed by atoms with E-state index in [0.717, 1.165) is 12.0 Å². The third kappa shape index (κ3) is 4.88. The smallest absolute Gasteiger partial charge is 0.269 e. The van der Waals surface area contributed by atoms with Crippen LogP contribution in [0.3, 0.4) is 0 Å². The highest BCUT2D eigenvalue weighted by Gasteiger charge is 2.20. The van der Waals surface area contributed by atoms with Crippen molar-refractivity contribution in [3.05, 3.63) is 65.2 Å². The predicted octanol–water partition coefficient (Wildman–Crippen LogP) is 1.82. The third-order valence-corrected chi connectivity index (χ3v) is 4.72. The zero-order valence-corrected chi connectivity index (χ0v) is 15.7. The second kappa shape index (κ2) is 9.03. The molecule has 3 amide bonds. The van der Waals surface area contributed by atoms with Crippen LogP contribution < -0.4 is 15.6 Å². The standard InChI is InChI=1S/C21H23N3O4/c1-28-18-8-6-16(7-9-18)21(27)23-22-19(25)10-11-20(26)24-13-12-15-4-2-3-5-17(15)14-24/h2-9H,10-14H2,1H3,(H,22,25)(H,23,27). The van der Waals surface area contributed by atoms with E-state index in [2.05, 4.69) is 16.9 Å². The van der Waals surface area contributed by atoms with Crippen molar-refractivity contribution in [3.8, 4) is 5.75 Å². The van der Waals surface area contributed by atoms with Crippen molar-refractivity contribution in [2.24, 2.45) is 0 Å². The summed E-state index contributed by atoms with van der Waals surface area (Å²) in [5.74, 6) is -0.270. The minimum Gasteiger partial charge on any atom is -0.497 e. The van der Waals surface area contributed by atoms with Crippen molar-refractivity contribution in [2.45, 2.75) is 25.8 Å². The Bertz CT molecular complexity index is 864. The Labute approximate surface area is 163 Å². The molecule has 0 aromatic heterocycles. The Morgan fingerprint density at radius 1 is 0.964 bits per heavy atom. The van der Waals surface area contributed by atoms with Crippen molar-refractivity contribution in [1.29, 1.82) is 0 Å². The second-order valence-corrected chi connectivity index (χ2v) is 6.56. The van der Waals surface area contributed by atoms with Gasteiger partial charge in [-0.25, -0.2) is 0 Å². The number of hydrogen-bond donors (Lipinski definition) is 2. The summed E-state index contributed by atoms with van der Waals surface area (Å²) in [7, 11) is 1.54. The van der Waals surface area contributed by atoms with E-state index >= 15 is 0 Å². The Balaban J connectivity index is 1.41. The van der Waals surface area contributed by atoms with Gasteiger partial charge in [0.2, 0.25) is 11.8 Å². The number of ether oxygens (including phenoxy) is 1. The number of amides is 3. The largest absolute Gasteiger partial charge is 0.497 e. The van der Waals surface area contributed by atoms with Gasteiger partial charge in [0.1, 0.15) is 5.75 Å². The molecule has 7 heteroatoms. The topological polar surface area (TPSA) is 87.7 Å². The van der Waals surface area contributed by atoms with E-state index in [1.54, 1.807) is 36.3 Å². The molecule has 1 aliphatic heterocycles. The molecule has 0 saturated carbocycles. The first kappa shape index (κ1) is 19.4. The van der Waals surface area contributed by atoms with Gasteiger partial charge >= 0.3 is 0 Å². The van der Waals surface area contributed by atoms with Gasteiger partial charge in [0.15, 0.2) is 0 Å². The number of benzene rings is 2. The zero-order valence-electron chi connectivity index (χ0n) is 15.7. The minimum absolute atomic E-state index is 0.0138. The van der Waals surface area contributed by atoms with Gasteiger partial charge in [-0.3, -0.25) is 25.2 Å². The molecule has 146 valence electrons. The van der Waals surface area contributed by atoms with Crippen molar-refractivity contribution >= 4 is 17.7 Å². The molecule has 2 aromatic carbocycles. The SMILES string of the molecule is COc1ccc(C(=O)NNC(=O)CCC(=O)N2CCc3ccccc3C2)cc1. The fraction of sp³-hybridized carbons (Fsp3) is 0.286. The summed E-state index contributed by atoms with van der Waals surface area (Å²) in [6.45, 7) is 1.23. The van der Waals surface area contributed by atoms with E-state index in [1.807, 2.05) is 18.2 Å². The summed E-state index contributed by atoms with van der Waals surface area (Å²) >= 11 is 0. The van der Waals surface area contributed by atoms with Gasteiger partial charge in [0, 0.05) is 31.5 Å². The maximum atomic E-state index is 12.4. The highest BCUT2D eigenvalue weighted by atomic mass is 16.5. The summed E-state index contributed by atoms with van der Waals surface area (Å²) in [4.78, 5) is 38.1. The summed E-state index contributed by atoms with van der Waals surface area (Å²) in [5.41, 5.74) is 7.50. The van der Waals surface area contributed by atoms with Gasteiger partial charge < -0.3 is 9.64 Å². The maximum absolute atomic E-state index is 12.4. The van der Waals surface area contributed by atoms with Crippen molar-refractivity contribution in [3.63, 3.8) is 0 Å². The average Bonchev–Trinajstić information content (AvgIpc) is 2.75. The van der Waals surface area contributed by atoms with Crippen LogP contribution in [0.4, 0.5) is 0 Å². The molecule has 1 heterocycles. The lowest BCUT2D eigenvalue weighted by Gasteiger charge is -2.28. The Morgan fingerprint density at radius 2 is 1.68 bits per heavy atom. The highest BCUT2D eigenvalue weighted by molar-refractivity contribution is 5.95. The summed E-state index contributed by atoms with van der Waals surface area (Å²) in [6.07, 6.45) is 0.943. The first-order chi connectivity index (χ1) is 13.6. The molecule has 0 atom stereocenters. The number of fused-ring (bicyclic) bond motifs is 1. The van der Waals surface area contributed by atoms with E-state index in [9.17, 15) is 14.4 Å². The molecule has 0 aliphatic carbocycles. The molecule has 0 radical (unpaired) electrons. The lowest BCUT2D eigenvalue weighted by atomic mass is 9.99. The normalized spacial score (nSPS) is 12.7. The Kier molecular flexibility index (Phi) is 6.26. The van der Waals surface area contributed by atoms with Gasteiger partial charge in [-0.1, -0.05) is 24.3 Å². The van der Waals surface area contributed by atoms with Crippen molar-refractivity contribution < 1.29 is 19.1 Å². The van der Waals surface area contributed by atoms with E-state index in [4.69, 9.17) is 4.74 Å². The van der Waals surface area contributed by atoms with Gasteiger partial charge in [0.25, 0.3) is 5.91 Å². The molecule has 0 unspecified atom stereocenters. The van der Waals surface area contributed by atoms with Crippen molar-refractivity contribution in [1.82, 2.24) is 15.8 Å². The average molecular weight is 381 g/mol. The van der Waals surface area contributed by atoms with Crippen LogP contribution in [0.1, 0.15) is 34.3 Å². The van der Waals surface area contributed by atoms with Crippen molar-refractivity contribution in [2.75, 3.05) is 13.7 Å². The number of hydrazine groups is 1. The van der Waals surface area contributed by atoms with E-state index in [0.29, 0.717) is 24.4 Å². The number of hydrogen-bond acceptors (Lipinski definition) is 4. The van der Waals surface area contributed by atoms with Crippen LogP contribution in [-0.4, -0.2) is 36.3 Å².